The molecule has 0 spiro atoms. The molecule has 2 atom stereocenters. The number of aliphatic hydroxyl groups excluding tert-OH is 1. The second-order valence-corrected chi connectivity index (χ2v) is 14.6. The smallest absolute Gasteiger partial charge is 0.408 e. The summed E-state index contributed by atoms with van der Waals surface area (Å²) in [6.07, 6.45) is 15.0. The maximum absolute atomic E-state index is 13.0. The Hall–Kier alpha value is -2.55. The van der Waals surface area contributed by atoms with E-state index in [-0.39, 0.29) is 17.9 Å². The zero-order chi connectivity index (χ0) is 39.3. The number of nitrogens with zero attached hydrogens (tertiary/aromatic N) is 2. The second-order valence-electron chi connectivity index (χ2n) is 14.6. The van der Waals surface area contributed by atoms with E-state index < -0.39 is 23.8 Å². The number of aliphatic hydroxyl groups is 1. The van der Waals surface area contributed by atoms with E-state index in [1.165, 1.54) is 30.6 Å². The Morgan fingerprint density at radius 3 is 1.84 bits per heavy atom. The van der Waals surface area contributed by atoms with E-state index in [9.17, 15) is 14.4 Å². The van der Waals surface area contributed by atoms with Crippen molar-refractivity contribution in [2.75, 3.05) is 26.2 Å². The van der Waals surface area contributed by atoms with E-state index in [4.69, 9.17) is 14.9 Å². The number of carbonyl (C=O) groups is 3. The van der Waals surface area contributed by atoms with Crippen LogP contribution < -0.4 is 5.32 Å². The van der Waals surface area contributed by atoms with E-state index in [2.05, 4.69) is 46.9 Å². The number of carbonyl (C=O) groups excluding carboxylic acids is 2. The average molecular weight is 712 g/mol. The summed E-state index contributed by atoms with van der Waals surface area (Å²) in [6.45, 7) is 30.6. The zero-order valence-electron chi connectivity index (χ0n) is 35.0. The van der Waals surface area contributed by atoms with E-state index in [1.807, 2.05) is 72.4 Å². The summed E-state index contributed by atoms with van der Waals surface area (Å²) in [5.74, 6) is 1.21. The van der Waals surface area contributed by atoms with Crippen LogP contribution in [0.25, 0.3) is 0 Å². The van der Waals surface area contributed by atoms with Crippen LogP contribution in [0.2, 0.25) is 0 Å². The quantitative estimate of drug-likeness (QED) is 0.242. The van der Waals surface area contributed by atoms with Crippen LogP contribution in [0.15, 0.2) is 23.3 Å². The summed E-state index contributed by atoms with van der Waals surface area (Å²) in [5.41, 5.74) is 1.72. The number of hydrogen-bond acceptors (Lipinski definition) is 5. The molecule has 3 amide bonds. The zero-order valence-corrected chi connectivity index (χ0v) is 35.0. The monoisotopic (exact) mass is 712 g/mol. The number of amides is 3. The molecule has 0 aromatic heterocycles. The molecule has 3 rings (SSSR count). The highest BCUT2D eigenvalue weighted by molar-refractivity contribution is 5.86. The summed E-state index contributed by atoms with van der Waals surface area (Å²) in [4.78, 5) is 39.1. The molecule has 50 heavy (non-hydrogen) atoms. The number of likely N-dealkylation sites (tertiary alicyclic amines) is 1. The fourth-order valence-corrected chi connectivity index (χ4v) is 5.62. The van der Waals surface area contributed by atoms with Gasteiger partial charge in [-0.1, -0.05) is 106 Å². The van der Waals surface area contributed by atoms with Crippen molar-refractivity contribution in [2.45, 2.75) is 185 Å². The molecule has 0 aromatic rings. The van der Waals surface area contributed by atoms with Gasteiger partial charge in [0.15, 0.2) is 0 Å². The minimum atomic E-state index is -0.839. The summed E-state index contributed by atoms with van der Waals surface area (Å²) >= 11 is 0. The molecule has 9 heteroatoms. The predicted molar refractivity (Wildman–Crippen MR) is 212 cm³/mol. The van der Waals surface area contributed by atoms with Gasteiger partial charge in [-0.05, 0) is 96.6 Å². The molecule has 1 saturated carbocycles. The molecule has 296 valence electrons. The summed E-state index contributed by atoms with van der Waals surface area (Å²) in [5, 5.41) is 19.5. The van der Waals surface area contributed by atoms with E-state index >= 15 is 0 Å². The third-order valence-corrected chi connectivity index (χ3v) is 7.96. The topological polar surface area (TPSA) is 119 Å². The minimum absolute atomic E-state index is 0.0766. The van der Waals surface area contributed by atoms with Crippen LogP contribution in [0.1, 0.15) is 168 Å². The van der Waals surface area contributed by atoms with Gasteiger partial charge in [0.05, 0.1) is 0 Å². The third-order valence-electron chi connectivity index (χ3n) is 7.96. The van der Waals surface area contributed by atoms with Crippen LogP contribution in [0.5, 0.6) is 0 Å². The van der Waals surface area contributed by atoms with Gasteiger partial charge in [0.25, 0.3) is 0 Å². The van der Waals surface area contributed by atoms with Crippen molar-refractivity contribution >= 4 is 18.1 Å². The highest BCUT2D eigenvalue weighted by Gasteiger charge is 2.37. The molecule has 2 aliphatic heterocycles. The Labute approximate surface area is 308 Å². The van der Waals surface area contributed by atoms with Gasteiger partial charge in [0.1, 0.15) is 11.6 Å². The number of allylic oxidation sites excluding steroid dienone is 1. The number of hydrogen-bond donors (Lipinski definition) is 3. The minimum Gasteiger partial charge on any atom is -0.465 e. The van der Waals surface area contributed by atoms with Crippen LogP contribution in [-0.2, 0) is 9.53 Å². The van der Waals surface area contributed by atoms with Crippen molar-refractivity contribution in [1.29, 1.82) is 0 Å². The van der Waals surface area contributed by atoms with Gasteiger partial charge in [-0.3, -0.25) is 4.79 Å². The summed E-state index contributed by atoms with van der Waals surface area (Å²) < 4.78 is 5.38. The third kappa shape index (κ3) is 25.4. The molecule has 0 aromatic carbocycles. The van der Waals surface area contributed by atoms with Crippen LogP contribution in [0.3, 0.4) is 0 Å². The maximum atomic E-state index is 13.0. The van der Waals surface area contributed by atoms with Crippen molar-refractivity contribution < 1.29 is 29.3 Å². The highest BCUT2D eigenvalue weighted by Crippen LogP contribution is 2.29. The predicted octanol–water partition coefficient (Wildman–Crippen LogP) is 10.6. The molecule has 3 aliphatic rings. The summed E-state index contributed by atoms with van der Waals surface area (Å²) in [7, 11) is 0. The first-order valence-corrected chi connectivity index (χ1v) is 19.7. The van der Waals surface area contributed by atoms with E-state index in [1.54, 1.807) is 0 Å². The lowest BCUT2D eigenvalue weighted by Crippen LogP contribution is -2.54. The largest absolute Gasteiger partial charge is 0.465 e. The van der Waals surface area contributed by atoms with Crippen LogP contribution in [-0.4, -0.2) is 82.0 Å². The van der Waals surface area contributed by atoms with Gasteiger partial charge < -0.3 is 30.1 Å². The molecule has 1 aliphatic carbocycles. The standard InChI is InChI=1S/C18H32N2O3.C9H13NO2.C6H14.C3H8O.C3H8.C2H6/c1-13-9-8-12-20(13)16(21)15(14-10-6-5-7-11-14)19-17(22)23-18(2,3)4;1-3-4-8-6-10(9(11)12)5-7(8)2;1-4-5-6(2)3;1-2-3-4;1-3-2;1-2/h13-15H,5-12H2,1-4H3,(H,19,22);3-4H,5-6H2,1-2H3,(H,11,12);6H,4-5H2,1-3H3;4H,2-3H2,1H3;3H2,1-2H3;1-2H3/b;4-3-;;;;. The van der Waals surface area contributed by atoms with Gasteiger partial charge in [-0.15, -0.1) is 0 Å². The van der Waals surface area contributed by atoms with Gasteiger partial charge in [0.2, 0.25) is 5.91 Å². The van der Waals surface area contributed by atoms with Gasteiger partial charge in [-0.25, -0.2) is 9.59 Å². The van der Waals surface area contributed by atoms with E-state index in [0.717, 1.165) is 68.6 Å². The summed E-state index contributed by atoms with van der Waals surface area (Å²) in [6, 6.07) is -0.167. The average Bonchev–Trinajstić information content (AvgIpc) is 3.66. The fourth-order valence-electron chi connectivity index (χ4n) is 5.62. The first kappa shape index (κ1) is 51.8. The van der Waals surface area contributed by atoms with Gasteiger partial charge >= 0.3 is 12.2 Å². The molecule has 0 radical (unpaired) electrons. The SMILES string of the molecule is C/C=C\C1=C(C)CN(C(=O)O)C1.CC.CC1CCCN1C(=O)C(NC(=O)OC(C)(C)C)C1CCCCC1.CCC.CCCC(C)C.CCCO. The molecule has 9 nitrogen and oxygen atoms in total. The lowest BCUT2D eigenvalue weighted by atomic mass is 9.83. The van der Waals surface area contributed by atoms with Crippen LogP contribution in [0.4, 0.5) is 9.59 Å². The first-order chi connectivity index (χ1) is 23.5. The number of nitrogens with one attached hydrogen (secondary N) is 1. The normalized spacial score (nSPS) is 17.8. The molecule has 2 fully saturated rings. The highest BCUT2D eigenvalue weighted by atomic mass is 16.6. The molecule has 0 bridgehead atoms. The molecule has 1 saturated heterocycles. The van der Waals surface area contributed by atoms with Crippen molar-refractivity contribution in [1.82, 2.24) is 15.1 Å². The van der Waals surface area contributed by atoms with Crippen molar-refractivity contribution in [3.63, 3.8) is 0 Å². The van der Waals surface area contributed by atoms with Crippen molar-refractivity contribution in [3.05, 3.63) is 23.3 Å². The maximum Gasteiger partial charge on any atom is 0.408 e. The van der Waals surface area contributed by atoms with Gasteiger partial charge in [0, 0.05) is 32.3 Å². The Morgan fingerprint density at radius 1 is 0.960 bits per heavy atom. The lowest BCUT2D eigenvalue weighted by molar-refractivity contribution is -0.135. The van der Waals surface area contributed by atoms with Gasteiger partial charge in [-0.2, -0.15) is 0 Å². The Bertz CT molecular complexity index is 933. The number of carboxylic acid groups (broad SMARTS) is 1. The molecule has 2 heterocycles. The molecular weight excluding hydrogens is 630 g/mol. The Kier molecular flexibility index (Phi) is 32.3. The Balaban J connectivity index is -0.000000680. The van der Waals surface area contributed by atoms with Crippen molar-refractivity contribution in [2.24, 2.45) is 11.8 Å². The first-order valence-electron chi connectivity index (χ1n) is 19.7. The second kappa shape index (κ2) is 31.2. The fraction of sp³-hybridized carbons (Fsp3) is 0.829. The Morgan fingerprint density at radius 2 is 1.50 bits per heavy atom. The molecule has 2 unspecified atom stereocenters. The molecule has 3 N–H and O–H groups in total. The lowest BCUT2D eigenvalue weighted by Gasteiger charge is -2.34. The number of alkyl carbamates (subject to hydrolysis) is 1. The van der Waals surface area contributed by atoms with Crippen molar-refractivity contribution in [3.8, 4) is 0 Å². The number of rotatable bonds is 7. The van der Waals surface area contributed by atoms with E-state index in [0.29, 0.717) is 19.7 Å². The van der Waals surface area contributed by atoms with Crippen LogP contribution >= 0.6 is 0 Å². The molecular formula is C41H81N3O6. The van der Waals surface area contributed by atoms with Crippen LogP contribution in [0, 0.1) is 11.8 Å². The number of ether oxygens (including phenoxy) is 1.